The van der Waals surface area contributed by atoms with Gasteiger partial charge in [0.2, 0.25) is 5.91 Å². The Hall–Kier alpha value is -1.28. The largest absolute Gasteiger partial charge is 0.480 e. The van der Waals surface area contributed by atoms with Gasteiger partial charge in [0.05, 0.1) is 6.10 Å². The van der Waals surface area contributed by atoms with Gasteiger partial charge in [-0.2, -0.15) is 0 Å². The number of likely N-dealkylation sites (tertiary alicyclic amines) is 1. The number of carboxylic acids is 1. The van der Waals surface area contributed by atoms with E-state index in [4.69, 9.17) is 5.11 Å². The minimum absolute atomic E-state index is 0.0379. The number of β-amino-alcohol motifs (C(OH)–C–C–N with tert-alkyl or cyclic N) is 1. The molecule has 0 aromatic heterocycles. The number of nitrogens with zero attached hydrogens (tertiary/aromatic N) is 2. The summed E-state index contributed by atoms with van der Waals surface area (Å²) in [6, 6.07) is -0.953. The molecule has 2 saturated heterocycles. The van der Waals surface area contributed by atoms with Crippen LogP contribution in [0.2, 0.25) is 0 Å². The van der Waals surface area contributed by atoms with Crippen molar-refractivity contribution >= 4 is 28.9 Å². The normalized spacial score (nSPS) is 27.1. The standard InChI is InChI=1S/C11H16N2O5S/c14-7-5-8(10(16)17)13(6-7)9(15)1-2-12-3-4-19-11(12)18/h7-8,14H,1-6H2,(H,16,17)/t7-,8-/m1/s1. The Morgan fingerprint density at radius 3 is 2.74 bits per heavy atom. The molecule has 2 heterocycles. The van der Waals surface area contributed by atoms with Crippen molar-refractivity contribution in [2.45, 2.75) is 25.0 Å². The van der Waals surface area contributed by atoms with Gasteiger partial charge in [0.15, 0.2) is 0 Å². The molecule has 0 aliphatic carbocycles. The minimum Gasteiger partial charge on any atom is -0.480 e. The van der Waals surface area contributed by atoms with E-state index >= 15 is 0 Å². The third kappa shape index (κ3) is 3.19. The van der Waals surface area contributed by atoms with Crippen molar-refractivity contribution in [2.24, 2.45) is 0 Å². The van der Waals surface area contributed by atoms with E-state index < -0.39 is 18.1 Å². The first-order valence-electron chi connectivity index (χ1n) is 6.11. The molecule has 19 heavy (non-hydrogen) atoms. The van der Waals surface area contributed by atoms with Gasteiger partial charge in [-0.05, 0) is 0 Å². The third-order valence-electron chi connectivity index (χ3n) is 3.32. The van der Waals surface area contributed by atoms with E-state index in [2.05, 4.69) is 0 Å². The Morgan fingerprint density at radius 2 is 2.16 bits per heavy atom. The highest BCUT2D eigenvalue weighted by Crippen LogP contribution is 2.21. The number of carboxylic acid groups (broad SMARTS) is 1. The Kier molecular flexibility index (Phi) is 4.31. The lowest BCUT2D eigenvalue weighted by Crippen LogP contribution is -2.42. The van der Waals surface area contributed by atoms with Crippen molar-refractivity contribution < 1.29 is 24.6 Å². The number of rotatable bonds is 4. The molecule has 2 fully saturated rings. The molecule has 7 nitrogen and oxygen atoms in total. The maximum absolute atomic E-state index is 12.0. The van der Waals surface area contributed by atoms with Crippen LogP contribution in [0.4, 0.5) is 4.79 Å². The van der Waals surface area contributed by atoms with Gasteiger partial charge in [0.25, 0.3) is 5.24 Å². The molecule has 0 saturated carbocycles. The molecule has 0 radical (unpaired) electrons. The number of carbonyl (C=O) groups is 3. The molecule has 0 spiro atoms. The van der Waals surface area contributed by atoms with Crippen LogP contribution in [0.25, 0.3) is 0 Å². The van der Waals surface area contributed by atoms with E-state index in [0.29, 0.717) is 13.1 Å². The number of thioether (sulfide) groups is 1. The summed E-state index contributed by atoms with van der Waals surface area (Å²) in [7, 11) is 0. The number of amides is 2. The van der Waals surface area contributed by atoms with Crippen LogP contribution in [0.1, 0.15) is 12.8 Å². The number of hydrogen-bond donors (Lipinski definition) is 2. The fourth-order valence-electron chi connectivity index (χ4n) is 2.33. The average Bonchev–Trinajstić information content (AvgIpc) is 2.92. The van der Waals surface area contributed by atoms with Gasteiger partial charge in [-0.15, -0.1) is 0 Å². The topological polar surface area (TPSA) is 98.2 Å². The molecule has 106 valence electrons. The third-order valence-corrected chi connectivity index (χ3v) is 4.22. The summed E-state index contributed by atoms with van der Waals surface area (Å²) in [6.45, 7) is 0.990. The lowest BCUT2D eigenvalue weighted by Gasteiger charge is -2.22. The Bertz CT molecular complexity index is 403. The molecule has 0 unspecified atom stereocenters. The molecule has 0 aromatic rings. The second kappa shape index (κ2) is 5.79. The molecule has 2 aliphatic rings. The first-order valence-corrected chi connectivity index (χ1v) is 7.09. The minimum atomic E-state index is -1.10. The van der Waals surface area contributed by atoms with Crippen LogP contribution >= 0.6 is 11.8 Å². The average molecular weight is 288 g/mol. The molecule has 2 N–H and O–H groups in total. The fraction of sp³-hybridized carbons (Fsp3) is 0.727. The van der Waals surface area contributed by atoms with Crippen molar-refractivity contribution in [3.05, 3.63) is 0 Å². The first-order chi connectivity index (χ1) is 8.99. The summed E-state index contributed by atoms with van der Waals surface area (Å²) in [4.78, 5) is 37.1. The Morgan fingerprint density at radius 1 is 1.42 bits per heavy atom. The fourth-order valence-corrected chi connectivity index (χ4v) is 3.18. The lowest BCUT2D eigenvalue weighted by atomic mass is 10.2. The zero-order valence-corrected chi connectivity index (χ0v) is 11.1. The summed E-state index contributed by atoms with van der Waals surface area (Å²) >= 11 is 1.22. The monoisotopic (exact) mass is 288 g/mol. The molecule has 2 atom stereocenters. The molecule has 0 bridgehead atoms. The molecule has 2 aliphatic heterocycles. The summed E-state index contributed by atoms with van der Waals surface area (Å²) in [5, 5.41) is 18.4. The van der Waals surface area contributed by atoms with E-state index in [1.165, 1.54) is 16.7 Å². The van der Waals surface area contributed by atoms with Gasteiger partial charge in [-0.25, -0.2) is 4.79 Å². The van der Waals surface area contributed by atoms with E-state index in [1.807, 2.05) is 0 Å². The van der Waals surface area contributed by atoms with Crippen molar-refractivity contribution in [1.29, 1.82) is 0 Å². The van der Waals surface area contributed by atoms with Gasteiger partial charge in [-0.3, -0.25) is 9.59 Å². The van der Waals surface area contributed by atoms with Crippen LogP contribution in [0.15, 0.2) is 0 Å². The Labute approximate surface area is 114 Å². The number of aliphatic hydroxyl groups excluding tert-OH is 1. The van der Waals surface area contributed by atoms with E-state index in [0.717, 1.165) is 5.75 Å². The molecular formula is C11H16N2O5S. The van der Waals surface area contributed by atoms with Gasteiger partial charge >= 0.3 is 5.97 Å². The molecular weight excluding hydrogens is 272 g/mol. The number of aliphatic hydroxyl groups is 1. The van der Waals surface area contributed by atoms with Crippen molar-refractivity contribution in [3.63, 3.8) is 0 Å². The highest BCUT2D eigenvalue weighted by Gasteiger charge is 2.38. The van der Waals surface area contributed by atoms with Crippen LogP contribution < -0.4 is 0 Å². The SMILES string of the molecule is O=C(O)[C@H]1C[C@@H](O)CN1C(=O)CCN1CCSC1=O. The predicted molar refractivity (Wildman–Crippen MR) is 67.8 cm³/mol. The smallest absolute Gasteiger partial charge is 0.326 e. The summed E-state index contributed by atoms with van der Waals surface area (Å²) < 4.78 is 0. The quantitative estimate of drug-likeness (QED) is 0.730. The predicted octanol–water partition coefficient (Wildman–Crippen LogP) is -0.408. The molecule has 0 aromatic carbocycles. The van der Waals surface area contributed by atoms with Crippen LogP contribution in [-0.2, 0) is 9.59 Å². The highest BCUT2D eigenvalue weighted by molar-refractivity contribution is 8.13. The van der Waals surface area contributed by atoms with Crippen molar-refractivity contribution in [3.8, 4) is 0 Å². The van der Waals surface area contributed by atoms with Gasteiger partial charge in [-0.1, -0.05) is 11.8 Å². The van der Waals surface area contributed by atoms with Crippen molar-refractivity contribution in [1.82, 2.24) is 9.80 Å². The maximum atomic E-state index is 12.0. The number of aliphatic carboxylic acids is 1. The zero-order chi connectivity index (χ0) is 14.0. The first kappa shape index (κ1) is 14.1. The molecule has 8 heteroatoms. The van der Waals surface area contributed by atoms with E-state index in [9.17, 15) is 19.5 Å². The second-order valence-corrected chi connectivity index (χ2v) is 5.69. The van der Waals surface area contributed by atoms with Gasteiger partial charge in [0, 0.05) is 38.2 Å². The highest BCUT2D eigenvalue weighted by atomic mass is 32.2. The maximum Gasteiger partial charge on any atom is 0.326 e. The van der Waals surface area contributed by atoms with E-state index in [1.54, 1.807) is 4.90 Å². The summed E-state index contributed by atoms with van der Waals surface area (Å²) in [5.74, 6) is -0.695. The van der Waals surface area contributed by atoms with Crippen LogP contribution in [-0.4, -0.2) is 74.7 Å². The summed E-state index contributed by atoms with van der Waals surface area (Å²) in [5.41, 5.74) is 0. The second-order valence-electron chi connectivity index (χ2n) is 4.64. The lowest BCUT2D eigenvalue weighted by molar-refractivity contribution is -0.148. The molecule has 2 amide bonds. The van der Waals surface area contributed by atoms with Crippen LogP contribution in [0.3, 0.4) is 0 Å². The summed E-state index contributed by atoms with van der Waals surface area (Å²) in [6.07, 6.45) is -0.614. The number of carbonyl (C=O) groups excluding carboxylic acids is 2. The van der Waals surface area contributed by atoms with Gasteiger partial charge < -0.3 is 20.0 Å². The number of hydrogen-bond acceptors (Lipinski definition) is 5. The van der Waals surface area contributed by atoms with Crippen LogP contribution in [0, 0.1) is 0 Å². The molecule has 2 rings (SSSR count). The van der Waals surface area contributed by atoms with Gasteiger partial charge in [0.1, 0.15) is 6.04 Å². The van der Waals surface area contributed by atoms with E-state index in [-0.39, 0.29) is 30.5 Å². The van der Waals surface area contributed by atoms with Crippen LogP contribution in [0.5, 0.6) is 0 Å². The Balaban J connectivity index is 1.88. The zero-order valence-electron chi connectivity index (χ0n) is 10.3. The van der Waals surface area contributed by atoms with Crippen molar-refractivity contribution in [2.75, 3.05) is 25.4 Å².